The molecule has 4 heteroatoms. The van der Waals surface area contributed by atoms with Crippen LogP contribution in [0.5, 0.6) is 0 Å². The molecule has 2 N–H and O–H groups in total. The van der Waals surface area contributed by atoms with Crippen LogP contribution in [0.2, 0.25) is 0 Å². The fourth-order valence-electron chi connectivity index (χ4n) is 2.90. The molecule has 1 atom stereocenters. The van der Waals surface area contributed by atoms with E-state index in [9.17, 15) is 0 Å². The van der Waals surface area contributed by atoms with Crippen molar-refractivity contribution in [3.63, 3.8) is 0 Å². The van der Waals surface area contributed by atoms with Gasteiger partial charge in [0.2, 0.25) is 0 Å². The zero-order valence-corrected chi connectivity index (χ0v) is 11.3. The normalized spacial score (nSPS) is 19.8. The van der Waals surface area contributed by atoms with Gasteiger partial charge in [0.1, 0.15) is 12.1 Å². The SMILES string of the molecule is CCC1CCCN(c2ncnc3cc(N)ccc23)C1. The van der Waals surface area contributed by atoms with E-state index in [1.165, 1.54) is 19.3 Å². The van der Waals surface area contributed by atoms with E-state index in [4.69, 9.17) is 5.73 Å². The van der Waals surface area contributed by atoms with E-state index in [0.717, 1.165) is 41.4 Å². The van der Waals surface area contributed by atoms with Gasteiger partial charge < -0.3 is 10.6 Å². The van der Waals surface area contributed by atoms with Gasteiger partial charge in [-0.15, -0.1) is 0 Å². The number of rotatable bonds is 2. The third-order valence-electron chi connectivity index (χ3n) is 4.04. The molecule has 0 radical (unpaired) electrons. The number of hydrogen-bond donors (Lipinski definition) is 1. The second-order valence-electron chi connectivity index (χ2n) is 5.34. The molecule has 1 aromatic carbocycles. The number of nitrogens with zero attached hydrogens (tertiary/aromatic N) is 3. The summed E-state index contributed by atoms with van der Waals surface area (Å²) in [6, 6.07) is 5.88. The van der Waals surface area contributed by atoms with Gasteiger partial charge >= 0.3 is 0 Å². The van der Waals surface area contributed by atoms with Gasteiger partial charge in [0, 0.05) is 24.2 Å². The van der Waals surface area contributed by atoms with Gasteiger partial charge in [-0.05, 0) is 37.0 Å². The first kappa shape index (κ1) is 12.2. The Labute approximate surface area is 113 Å². The maximum absolute atomic E-state index is 5.82. The molecule has 3 rings (SSSR count). The minimum Gasteiger partial charge on any atom is -0.399 e. The Morgan fingerprint density at radius 1 is 1.37 bits per heavy atom. The summed E-state index contributed by atoms with van der Waals surface area (Å²) in [6.07, 6.45) is 5.47. The van der Waals surface area contributed by atoms with Crippen LogP contribution in [0.4, 0.5) is 11.5 Å². The molecule has 4 nitrogen and oxygen atoms in total. The molecule has 1 aliphatic heterocycles. The van der Waals surface area contributed by atoms with E-state index >= 15 is 0 Å². The van der Waals surface area contributed by atoms with Gasteiger partial charge in [-0.25, -0.2) is 9.97 Å². The summed E-state index contributed by atoms with van der Waals surface area (Å²) in [5, 5.41) is 1.11. The molecule has 1 unspecified atom stereocenters. The Morgan fingerprint density at radius 3 is 3.11 bits per heavy atom. The van der Waals surface area contributed by atoms with Crippen molar-refractivity contribution in [3.05, 3.63) is 24.5 Å². The van der Waals surface area contributed by atoms with Crippen LogP contribution >= 0.6 is 0 Å². The van der Waals surface area contributed by atoms with Crippen LogP contribution in [0.15, 0.2) is 24.5 Å². The van der Waals surface area contributed by atoms with Crippen molar-refractivity contribution in [1.82, 2.24) is 9.97 Å². The summed E-state index contributed by atoms with van der Waals surface area (Å²) in [7, 11) is 0. The van der Waals surface area contributed by atoms with Crippen molar-refractivity contribution >= 4 is 22.4 Å². The minimum atomic E-state index is 0.752. The second kappa shape index (κ2) is 5.03. The molecular weight excluding hydrogens is 236 g/mol. The summed E-state index contributed by atoms with van der Waals surface area (Å²) < 4.78 is 0. The summed E-state index contributed by atoms with van der Waals surface area (Å²) in [5.74, 6) is 1.84. The molecule has 0 amide bonds. The van der Waals surface area contributed by atoms with Crippen LogP contribution < -0.4 is 10.6 Å². The Hall–Kier alpha value is -1.84. The molecule has 0 bridgehead atoms. The van der Waals surface area contributed by atoms with E-state index < -0.39 is 0 Å². The number of piperidine rings is 1. The fraction of sp³-hybridized carbons (Fsp3) is 0.467. The van der Waals surface area contributed by atoms with Crippen LogP contribution in [0, 0.1) is 5.92 Å². The van der Waals surface area contributed by atoms with Crippen LogP contribution in [0.1, 0.15) is 26.2 Å². The molecule has 1 fully saturated rings. The van der Waals surface area contributed by atoms with Gasteiger partial charge in [0.05, 0.1) is 5.52 Å². The van der Waals surface area contributed by atoms with E-state index in [1.807, 2.05) is 18.2 Å². The number of aromatic nitrogens is 2. The van der Waals surface area contributed by atoms with Crippen molar-refractivity contribution in [3.8, 4) is 0 Å². The van der Waals surface area contributed by atoms with Crippen LogP contribution in [0.25, 0.3) is 10.9 Å². The van der Waals surface area contributed by atoms with E-state index in [0.29, 0.717) is 0 Å². The van der Waals surface area contributed by atoms with Gasteiger partial charge in [0.15, 0.2) is 0 Å². The molecular formula is C15H20N4. The van der Waals surface area contributed by atoms with Crippen molar-refractivity contribution in [2.24, 2.45) is 5.92 Å². The topological polar surface area (TPSA) is 55.0 Å². The number of benzene rings is 1. The molecule has 19 heavy (non-hydrogen) atoms. The van der Waals surface area contributed by atoms with Crippen molar-refractivity contribution in [2.45, 2.75) is 26.2 Å². The third kappa shape index (κ3) is 2.35. The monoisotopic (exact) mass is 256 g/mol. The average molecular weight is 256 g/mol. The van der Waals surface area contributed by atoms with Gasteiger partial charge in [0.25, 0.3) is 0 Å². The molecule has 1 aliphatic rings. The number of hydrogen-bond acceptors (Lipinski definition) is 4. The van der Waals surface area contributed by atoms with Crippen LogP contribution in [0.3, 0.4) is 0 Å². The van der Waals surface area contributed by atoms with Gasteiger partial charge in [-0.3, -0.25) is 0 Å². The molecule has 2 heterocycles. The number of fused-ring (bicyclic) bond motifs is 1. The predicted octanol–water partition coefficient (Wildman–Crippen LogP) is 2.84. The molecule has 1 aromatic heterocycles. The number of nitrogens with two attached hydrogens (primary N) is 1. The van der Waals surface area contributed by atoms with Crippen LogP contribution in [-0.4, -0.2) is 23.1 Å². The highest BCUT2D eigenvalue weighted by molar-refractivity contribution is 5.91. The summed E-state index contributed by atoms with van der Waals surface area (Å²) in [6.45, 7) is 4.47. The lowest BCUT2D eigenvalue weighted by molar-refractivity contribution is 0.403. The quantitative estimate of drug-likeness (QED) is 0.839. The molecule has 0 spiro atoms. The highest BCUT2D eigenvalue weighted by Crippen LogP contribution is 2.29. The maximum atomic E-state index is 5.82. The summed E-state index contributed by atoms with van der Waals surface area (Å²) in [4.78, 5) is 11.2. The highest BCUT2D eigenvalue weighted by atomic mass is 15.2. The lowest BCUT2D eigenvalue weighted by Crippen LogP contribution is -2.35. The first-order chi connectivity index (χ1) is 9.28. The standard InChI is InChI=1S/C15H20N4/c1-2-11-4-3-7-19(9-11)15-13-6-5-12(16)8-14(13)17-10-18-15/h5-6,8,10-11H,2-4,7,9,16H2,1H3. The van der Waals surface area contributed by atoms with Gasteiger partial charge in [-0.1, -0.05) is 13.3 Å². The molecule has 0 saturated carbocycles. The Balaban J connectivity index is 2.00. The van der Waals surface area contributed by atoms with Crippen molar-refractivity contribution in [2.75, 3.05) is 23.7 Å². The van der Waals surface area contributed by atoms with E-state index in [2.05, 4.69) is 21.8 Å². The zero-order chi connectivity index (χ0) is 13.2. The summed E-state index contributed by atoms with van der Waals surface area (Å²) >= 11 is 0. The Morgan fingerprint density at radius 2 is 2.26 bits per heavy atom. The first-order valence-electron chi connectivity index (χ1n) is 7.03. The van der Waals surface area contributed by atoms with Gasteiger partial charge in [-0.2, -0.15) is 0 Å². The van der Waals surface area contributed by atoms with Crippen molar-refractivity contribution in [1.29, 1.82) is 0 Å². The lowest BCUT2D eigenvalue weighted by Gasteiger charge is -2.33. The minimum absolute atomic E-state index is 0.752. The molecule has 2 aromatic rings. The first-order valence-corrected chi connectivity index (χ1v) is 7.03. The zero-order valence-electron chi connectivity index (χ0n) is 11.3. The fourth-order valence-corrected chi connectivity index (χ4v) is 2.90. The number of anilines is 2. The molecule has 0 aliphatic carbocycles. The van der Waals surface area contributed by atoms with E-state index in [-0.39, 0.29) is 0 Å². The lowest BCUT2D eigenvalue weighted by atomic mass is 9.95. The smallest absolute Gasteiger partial charge is 0.139 e. The maximum Gasteiger partial charge on any atom is 0.139 e. The average Bonchev–Trinajstić information content (AvgIpc) is 2.46. The van der Waals surface area contributed by atoms with E-state index in [1.54, 1.807) is 6.33 Å². The number of nitrogen functional groups attached to an aromatic ring is 1. The Kier molecular flexibility index (Phi) is 3.23. The summed E-state index contributed by atoms with van der Waals surface area (Å²) in [5.41, 5.74) is 7.51. The molecule has 100 valence electrons. The third-order valence-corrected chi connectivity index (χ3v) is 4.04. The largest absolute Gasteiger partial charge is 0.399 e. The predicted molar refractivity (Wildman–Crippen MR) is 79.2 cm³/mol. The Bertz CT molecular complexity index is 581. The van der Waals surface area contributed by atoms with Crippen LogP contribution in [-0.2, 0) is 0 Å². The van der Waals surface area contributed by atoms with Crippen molar-refractivity contribution < 1.29 is 0 Å². The highest BCUT2D eigenvalue weighted by Gasteiger charge is 2.21. The molecule has 1 saturated heterocycles. The second-order valence-corrected chi connectivity index (χ2v) is 5.34.